The van der Waals surface area contributed by atoms with E-state index in [2.05, 4.69) is 55.8 Å². The van der Waals surface area contributed by atoms with Crippen LogP contribution >= 0.6 is 0 Å². The van der Waals surface area contributed by atoms with Crippen molar-refractivity contribution in [1.82, 2.24) is 4.90 Å². The average Bonchev–Trinajstić information content (AvgIpc) is 3.55. The number of ether oxygens (including phenoxy) is 1. The third-order valence-corrected chi connectivity index (χ3v) is 6.74. The summed E-state index contributed by atoms with van der Waals surface area (Å²) in [6.07, 6.45) is 2.31. The Morgan fingerprint density at radius 3 is 2.67 bits per heavy atom. The molecule has 0 saturated carbocycles. The molecule has 2 aliphatic heterocycles. The lowest BCUT2D eigenvalue weighted by molar-refractivity contribution is -0.496. The highest BCUT2D eigenvalue weighted by Crippen LogP contribution is 2.42. The maximum Gasteiger partial charge on any atom is 0.338 e. The van der Waals surface area contributed by atoms with Crippen LogP contribution in [0.2, 0.25) is 0 Å². The van der Waals surface area contributed by atoms with Gasteiger partial charge in [0, 0.05) is 34.4 Å². The molecule has 2 unspecified atom stereocenters. The molecule has 1 aromatic rings. The molecule has 33 heavy (non-hydrogen) atoms. The molecule has 4 aliphatic rings. The van der Waals surface area contributed by atoms with Gasteiger partial charge in [0.15, 0.2) is 5.42 Å². The van der Waals surface area contributed by atoms with Crippen LogP contribution < -0.4 is 21.0 Å². The molecule has 0 bridgehead atoms. The number of benzene rings is 2. The second-order valence-electron chi connectivity index (χ2n) is 8.82. The number of nitrogens with one attached hydrogen (secondary N) is 1. The number of likely N-dealkylation sites (N-methyl/N-ethyl adjacent to an activating group) is 1. The zero-order chi connectivity index (χ0) is 23.3. The Bertz CT molecular complexity index is 1420. The molecule has 170 valence electrons. The first-order chi connectivity index (χ1) is 16.0. The highest BCUT2D eigenvalue weighted by Gasteiger charge is 2.46. The summed E-state index contributed by atoms with van der Waals surface area (Å²) in [4.78, 5) is 18.8. The first kappa shape index (κ1) is 21.5. The van der Waals surface area contributed by atoms with Crippen LogP contribution in [0.1, 0.15) is 43.6 Å². The summed E-state index contributed by atoms with van der Waals surface area (Å²) < 4.78 is 12.0. The molecule has 2 atom stereocenters. The van der Waals surface area contributed by atoms with Crippen molar-refractivity contribution in [1.29, 1.82) is 0 Å². The molecule has 1 fully saturated rings. The van der Waals surface area contributed by atoms with Gasteiger partial charge in [0.05, 0.1) is 30.0 Å². The molecule has 0 spiro atoms. The van der Waals surface area contributed by atoms with Gasteiger partial charge in [-0.3, -0.25) is 0 Å². The number of fused-ring (bicyclic) bond motifs is 3. The number of aryl methyl sites for hydroxylation is 1. The van der Waals surface area contributed by atoms with E-state index >= 15 is 0 Å². The fraction of sp³-hybridized carbons (Fsp3) is 0.357. The van der Waals surface area contributed by atoms with E-state index in [4.69, 9.17) is 9.15 Å². The van der Waals surface area contributed by atoms with Crippen LogP contribution in [0.5, 0.6) is 0 Å². The van der Waals surface area contributed by atoms with Gasteiger partial charge in [-0.1, -0.05) is 31.2 Å². The Balaban J connectivity index is 1.94. The van der Waals surface area contributed by atoms with E-state index in [9.17, 15) is 4.79 Å². The smallest absolute Gasteiger partial charge is 0.338 e. The van der Waals surface area contributed by atoms with Gasteiger partial charge in [-0.15, -0.1) is 0 Å². The molecule has 1 aromatic carbocycles. The van der Waals surface area contributed by atoms with Gasteiger partial charge >= 0.3 is 5.97 Å². The summed E-state index contributed by atoms with van der Waals surface area (Å²) >= 11 is 0. The van der Waals surface area contributed by atoms with E-state index in [1.807, 2.05) is 31.2 Å². The monoisotopic (exact) mass is 443 g/mol. The first-order valence-corrected chi connectivity index (χ1v) is 11.9. The summed E-state index contributed by atoms with van der Waals surface area (Å²) in [6.45, 7) is 12.6. The van der Waals surface area contributed by atoms with Crippen LogP contribution in [-0.2, 0) is 4.74 Å². The second kappa shape index (κ2) is 8.22. The van der Waals surface area contributed by atoms with Gasteiger partial charge < -0.3 is 14.1 Å². The zero-order valence-corrected chi connectivity index (χ0v) is 20.0. The van der Waals surface area contributed by atoms with E-state index in [0.717, 1.165) is 57.1 Å². The van der Waals surface area contributed by atoms with Gasteiger partial charge in [-0.05, 0) is 45.4 Å². The van der Waals surface area contributed by atoms with Crippen LogP contribution in [-0.4, -0.2) is 36.6 Å². The number of carbonyl (C=O) groups excluding carboxylic acids is 1. The number of esters is 1. The normalized spacial score (nSPS) is 19.2. The third kappa shape index (κ3) is 3.38. The number of hydrogen-bond acceptors (Lipinski definition) is 4. The molecule has 5 nitrogen and oxygen atoms in total. The molecule has 1 N–H and O–H groups in total. The minimum absolute atomic E-state index is 0.298. The molecule has 5 rings (SSSR count). The Morgan fingerprint density at radius 2 is 1.94 bits per heavy atom. The molecule has 1 saturated heterocycles. The topological polar surface area (TPSA) is 56.4 Å². The van der Waals surface area contributed by atoms with Crippen molar-refractivity contribution >= 4 is 17.7 Å². The number of rotatable bonds is 5. The van der Waals surface area contributed by atoms with Crippen LogP contribution in [0.3, 0.4) is 0 Å². The minimum Gasteiger partial charge on any atom is -0.462 e. The molecule has 0 radical (unpaired) electrons. The van der Waals surface area contributed by atoms with Gasteiger partial charge in [-0.25, -0.2) is 9.79 Å². The van der Waals surface area contributed by atoms with E-state index < -0.39 is 0 Å². The predicted molar refractivity (Wildman–Crippen MR) is 129 cm³/mol. The van der Waals surface area contributed by atoms with E-state index in [1.54, 1.807) is 0 Å². The summed E-state index contributed by atoms with van der Waals surface area (Å²) in [5.74, 6) is 0.893. The van der Waals surface area contributed by atoms with E-state index in [0.29, 0.717) is 24.1 Å². The Hall–Kier alpha value is -3.34. The van der Waals surface area contributed by atoms with Crippen molar-refractivity contribution in [3.05, 3.63) is 63.5 Å². The Morgan fingerprint density at radius 1 is 1.15 bits per heavy atom. The maximum absolute atomic E-state index is 12.9. The predicted octanol–water partition coefficient (Wildman–Crippen LogP) is 1.78. The van der Waals surface area contributed by atoms with Crippen molar-refractivity contribution < 1.29 is 18.9 Å². The first-order valence-electron chi connectivity index (χ1n) is 11.9. The van der Waals surface area contributed by atoms with Crippen LogP contribution in [0.15, 0.2) is 40.8 Å². The zero-order valence-electron chi connectivity index (χ0n) is 20.0. The fourth-order valence-corrected chi connectivity index (χ4v) is 5.27. The minimum atomic E-state index is -0.298. The largest absolute Gasteiger partial charge is 0.462 e. The SMILES string of the molecule is CC[NH+]=c1cc2oc3c(c(-c4ccccc4C(=O)OCC)c-2cc1C)=CC(C)C1C=3N1CC. The van der Waals surface area contributed by atoms with Crippen molar-refractivity contribution in [2.75, 3.05) is 19.7 Å². The Labute approximate surface area is 194 Å². The van der Waals surface area contributed by atoms with Crippen molar-refractivity contribution in [2.45, 2.75) is 40.7 Å². The van der Waals surface area contributed by atoms with Gasteiger partial charge in [0.25, 0.3) is 0 Å². The molecule has 2 aliphatic carbocycles. The molecule has 0 aromatic heterocycles. The molecule has 0 amide bonds. The number of nitrogens with zero attached hydrogens (tertiary/aromatic N) is 1. The van der Waals surface area contributed by atoms with Crippen LogP contribution in [0.4, 0.5) is 0 Å². The summed E-state index contributed by atoms with van der Waals surface area (Å²) in [6, 6.07) is 12.4. The van der Waals surface area contributed by atoms with Crippen molar-refractivity contribution in [3.63, 3.8) is 0 Å². The number of carbonyl (C=O) groups is 1. The van der Waals surface area contributed by atoms with Crippen molar-refractivity contribution in [3.8, 4) is 22.5 Å². The van der Waals surface area contributed by atoms with Crippen molar-refractivity contribution in [2.24, 2.45) is 5.92 Å². The standard InChI is InChI=1S/C28H30N2O3/c1-6-29-22-15-23-20(13-16(22)4)24(18-11-9-10-12-19(18)28(31)32-8-3)21-14-17(5)25-26(27(21)33-23)30(25)7-2/h9-15,17,25H,6-8H2,1-5H3/p+1. The molecular formula is C28H31N2O3+. The summed E-state index contributed by atoms with van der Waals surface area (Å²) in [5.41, 5.74) is 6.86. The lowest BCUT2D eigenvalue weighted by atomic mass is 9.88. The molecule has 5 heteroatoms. The highest BCUT2D eigenvalue weighted by molar-refractivity contribution is 6.00. The quantitative estimate of drug-likeness (QED) is 0.483. The fourth-order valence-electron chi connectivity index (χ4n) is 5.27. The van der Waals surface area contributed by atoms with Gasteiger partial charge in [0.2, 0.25) is 5.36 Å². The van der Waals surface area contributed by atoms with E-state index in [-0.39, 0.29) is 5.97 Å². The maximum atomic E-state index is 12.9. The number of hydrogen-bond donors (Lipinski definition) is 1. The molecular weight excluding hydrogens is 412 g/mol. The van der Waals surface area contributed by atoms with Gasteiger partial charge in [0.1, 0.15) is 12.3 Å². The summed E-state index contributed by atoms with van der Waals surface area (Å²) in [5, 5.41) is 2.14. The molecule has 2 heterocycles. The van der Waals surface area contributed by atoms with Crippen LogP contribution in [0, 0.1) is 12.8 Å². The summed E-state index contributed by atoms with van der Waals surface area (Å²) in [7, 11) is 0. The van der Waals surface area contributed by atoms with Crippen LogP contribution in [0.25, 0.3) is 34.2 Å². The van der Waals surface area contributed by atoms with E-state index in [1.165, 1.54) is 5.70 Å². The Kier molecular flexibility index (Phi) is 5.35. The lowest BCUT2D eigenvalue weighted by Crippen LogP contribution is -2.76. The lowest BCUT2D eigenvalue weighted by Gasteiger charge is -2.18. The second-order valence-corrected chi connectivity index (χ2v) is 8.82. The van der Waals surface area contributed by atoms with Gasteiger partial charge in [-0.2, -0.15) is 0 Å². The third-order valence-electron chi connectivity index (χ3n) is 6.74. The highest BCUT2D eigenvalue weighted by atomic mass is 16.5. The average molecular weight is 444 g/mol.